The third-order valence-corrected chi connectivity index (χ3v) is 3.12. The molecule has 0 saturated heterocycles. The zero-order valence-electron chi connectivity index (χ0n) is 10.3. The number of rotatable bonds is 8. The Morgan fingerprint density at radius 3 is 2.73 bits per heavy atom. The number of esters is 1. The third-order valence-electron chi connectivity index (χ3n) is 2.30. The van der Waals surface area contributed by atoms with Crippen molar-refractivity contribution in [2.45, 2.75) is 32.7 Å². The minimum atomic E-state index is -0.112. The molecule has 0 aliphatic heterocycles. The zero-order valence-corrected chi connectivity index (χ0v) is 11.1. The van der Waals surface area contributed by atoms with Gasteiger partial charge in [0.1, 0.15) is 0 Å². The monoisotopic (exact) mass is 233 g/mol. The Balaban J connectivity index is 3.65. The van der Waals surface area contributed by atoms with Crippen molar-refractivity contribution in [3.05, 3.63) is 0 Å². The van der Waals surface area contributed by atoms with Crippen molar-refractivity contribution in [1.29, 1.82) is 0 Å². The number of carbonyl (C=O) groups excluding carboxylic acids is 1. The van der Waals surface area contributed by atoms with Crippen molar-refractivity contribution in [1.82, 2.24) is 4.90 Å². The Labute approximate surface area is 97.5 Å². The molecule has 4 heteroatoms. The summed E-state index contributed by atoms with van der Waals surface area (Å²) in [7, 11) is 1.96. The molecule has 0 aromatic rings. The van der Waals surface area contributed by atoms with Crippen LogP contribution in [0.25, 0.3) is 0 Å². The van der Waals surface area contributed by atoms with Crippen molar-refractivity contribution < 1.29 is 9.53 Å². The molecule has 0 aliphatic rings. The van der Waals surface area contributed by atoms with Crippen LogP contribution in [-0.2, 0) is 9.53 Å². The number of unbranched alkanes of at least 4 members (excludes halogenated alkanes) is 1. The molecule has 0 rings (SSSR count). The first-order valence-electron chi connectivity index (χ1n) is 5.46. The van der Waals surface area contributed by atoms with Crippen LogP contribution < -0.4 is 0 Å². The van der Waals surface area contributed by atoms with Gasteiger partial charge in [-0.3, -0.25) is 9.69 Å². The Morgan fingerprint density at radius 1 is 1.53 bits per heavy atom. The highest BCUT2D eigenvalue weighted by Crippen LogP contribution is 2.03. The maximum absolute atomic E-state index is 11.4. The number of nitrogens with zero attached hydrogens (tertiary/aromatic N) is 1. The maximum Gasteiger partial charge on any atom is 0.320 e. The normalized spacial score (nSPS) is 12.9. The predicted octanol–water partition coefficient (Wildman–Crippen LogP) is 2.01. The van der Waals surface area contributed by atoms with E-state index in [1.54, 1.807) is 11.8 Å². The highest BCUT2D eigenvalue weighted by atomic mass is 32.2. The standard InChI is InChI=1S/C11H23NO2S/c1-5-6-7-14-11(13)8-12(3)10(2)9-15-4/h10H,5-9H2,1-4H3. The van der Waals surface area contributed by atoms with Crippen molar-refractivity contribution in [3.63, 3.8) is 0 Å². The molecule has 1 unspecified atom stereocenters. The van der Waals surface area contributed by atoms with Gasteiger partial charge in [-0.15, -0.1) is 0 Å². The van der Waals surface area contributed by atoms with Crippen LogP contribution in [0.2, 0.25) is 0 Å². The number of thioether (sulfide) groups is 1. The number of hydrogen-bond donors (Lipinski definition) is 0. The zero-order chi connectivity index (χ0) is 11.7. The Morgan fingerprint density at radius 2 is 2.20 bits per heavy atom. The fraction of sp³-hybridized carbons (Fsp3) is 0.909. The number of hydrogen-bond acceptors (Lipinski definition) is 4. The predicted molar refractivity (Wildman–Crippen MR) is 66.3 cm³/mol. The summed E-state index contributed by atoms with van der Waals surface area (Å²) in [6.45, 7) is 5.15. The molecule has 0 saturated carbocycles. The molecule has 90 valence electrons. The van der Waals surface area contributed by atoms with Crippen LogP contribution in [0, 0.1) is 0 Å². The molecule has 0 aromatic heterocycles. The van der Waals surface area contributed by atoms with Crippen LogP contribution in [0.1, 0.15) is 26.7 Å². The number of ether oxygens (including phenoxy) is 1. The van der Waals surface area contributed by atoms with Gasteiger partial charge >= 0.3 is 5.97 Å². The van der Waals surface area contributed by atoms with E-state index in [0.29, 0.717) is 19.2 Å². The van der Waals surface area contributed by atoms with Crippen molar-refractivity contribution in [3.8, 4) is 0 Å². The van der Waals surface area contributed by atoms with E-state index in [1.807, 2.05) is 11.9 Å². The Bertz CT molecular complexity index is 176. The average molecular weight is 233 g/mol. The van der Waals surface area contributed by atoms with Crippen LogP contribution in [0.3, 0.4) is 0 Å². The molecule has 0 heterocycles. The van der Waals surface area contributed by atoms with Gasteiger partial charge in [-0.1, -0.05) is 13.3 Å². The lowest BCUT2D eigenvalue weighted by molar-refractivity contribution is -0.145. The summed E-state index contributed by atoms with van der Waals surface area (Å²) >= 11 is 1.79. The van der Waals surface area contributed by atoms with Gasteiger partial charge in [-0.2, -0.15) is 11.8 Å². The molecule has 0 fully saturated rings. The van der Waals surface area contributed by atoms with Crippen molar-refractivity contribution >= 4 is 17.7 Å². The van der Waals surface area contributed by atoms with Crippen LogP contribution in [-0.4, -0.2) is 49.1 Å². The highest BCUT2D eigenvalue weighted by molar-refractivity contribution is 7.98. The molecule has 1 atom stereocenters. The molecule has 0 aliphatic carbocycles. The summed E-state index contributed by atoms with van der Waals surface area (Å²) in [5, 5.41) is 0. The third kappa shape index (κ3) is 7.68. The lowest BCUT2D eigenvalue weighted by Gasteiger charge is -2.22. The van der Waals surface area contributed by atoms with Crippen molar-refractivity contribution in [2.24, 2.45) is 0 Å². The minimum absolute atomic E-state index is 0.112. The molecule has 0 aromatic carbocycles. The summed E-state index contributed by atoms with van der Waals surface area (Å²) in [5.41, 5.74) is 0. The Hall–Kier alpha value is -0.220. The average Bonchev–Trinajstić information content (AvgIpc) is 2.18. The summed E-state index contributed by atoms with van der Waals surface area (Å²) in [4.78, 5) is 13.4. The number of likely N-dealkylation sites (N-methyl/N-ethyl adjacent to an activating group) is 1. The lowest BCUT2D eigenvalue weighted by atomic mass is 10.3. The van der Waals surface area contributed by atoms with E-state index in [-0.39, 0.29) is 5.97 Å². The second-order valence-corrected chi connectivity index (χ2v) is 4.70. The second kappa shape index (κ2) is 9.04. The highest BCUT2D eigenvalue weighted by Gasteiger charge is 2.12. The van der Waals surface area contributed by atoms with E-state index in [2.05, 4.69) is 20.1 Å². The first-order chi connectivity index (χ1) is 7.11. The fourth-order valence-corrected chi connectivity index (χ4v) is 1.84. The molecule has 3 nitrogen and oxygen atoms in total. The van der Waals surface area contributed by atoms with E-state index in [4.69, 9.17) is 4.74 Å². The van der Waals surface area contributed by atoms with Gasteiger partial charge < -0.3 is 4.74 Å². The van der Waals surface area contributed by atoms with Crippen LogP contribution in [0.5, 0.6) is 0 Å². The smallest absolute Gasteiger partial charge is 0.320 e. The topological polar surface area (TPSA) is 29.5 Å². The van der Waals surface area contributed by atoms with E-state index in [0.717, 1.165) is 18.6 Å². The van der Waals surface area contributed by atoms with Gasteiger partial charge in [0.25, 0.3) is 0 Å². The molecule has 0 spiro atoms. The largest absolute Gasteiger partial charge is 0.465 e. The van der Waals surface area contributed by atoms with Crippen LogP contribution in [0.15, 0.2) is 0 Å². The summed E-state index contributed by atoms with van der Waals surface area (Å²) < 4.78 is 5.09. The maximum atomic E-state index is 11.4. The fourth-order valence-electron chi connectivity index (χ4n) is 1.10. The first-order valence-corrected chi connectivity index (χ1v) is 6.86. The summed E-state index contributed by atoms with van der Waals surface area (Å²) in [6.07, 6.45) is 4.09. The molecule has 0 radical (unpaired) electrons. The molecule has 0 N–H and O–H groups in total. The van der Waals surface area contributed by atoms with Gasteiger partial charge in [0.05, 0.1) is 13.2 Å². The molecular weight excluding hydrogens is 210 g/mol. The molecule has 0 bridgehead atoms. The van der Waals surface area contributed by atoms with E-state index in [1.165, 1.54) is 0 Å². The van der Waals surface area contributed by atoms with E-state index < -0.39 is 0 Å². The van der Waals surface area contributed by atoms with Gasteiger partial charge in [0.15, 0.2) is 0 Å². The molecule has 15 heavy (non-hydrogen) atoms. The number of carbonyl (C=O) groups is 1. The lowest BCUT2D eigenvalue weighted by Crippen LogP contribution is -2.36. The van der Waals surface area contributed by atoms with Crippen LogP contribution >= 0.6 is 11.8 Å². The van der Waals surface area contributed by atoms with Gasteiger partial charge in [-0.25, -0.2) is 0 Å². The van der Waals surface area contributed by atoms with Gasteiger partial charge in [0.2, 0.25) is 0 Å². The molecule has 0 amide bonds. The molecular formula is C11H23NO2S. The Kier molecular flexibility index (Phi) is 8.91. The summed E-state index contributed by atoms with van der Waals surface area (Å²) in [6, 6.07) is 0.415. The minimum Gasteiger partial charge on any atom is -0.465 e. The summed E-state index contributed by atoms with van der Waals surface area (Å²) in [5.74, 6) is 0.928. The SMILES string of the molecule is CCCCOC(=O)CN(C)C(C)CSC. The van der Waals surface area contributed by atoms with Crippen molar-refractivity contribution in [2.75, 3.05) is 32.2 Å². The quantitative estimate of drug-likeness (QED) is 0.474. The second-order valence-electron chi connectivity index (χ2n) is 3.79. The van der Waals surface area contributed by atoms with Gasteiger partial charge in [-0.05, 0) is 26.6 Å². The van der Waals surface area contributed by atoms with Crippen LogP contribution in [0.4, 0.5) is 0 Å². The van der Waals surface area contributed by atoms with E-state index >= 15 is 0 Å². The van der Waals surface area contributed by atoms with Gasteiger partial charge in [0, 0.05) is 11.8 Å². The van der Waals surface area contributed by atoms with E-state index in [9.17, 15) is 4.79 Å². The first kappa shape index (κ1) is 14.8.